The maximum Gasteiger partial charge on any atom is 0.414 e. The quantitative estimate of drug-likeness (QED) is 0.353. The van der Waals surface area contributed by atoms with E-state index in [0.29, 0.717) is 40.6 Å². The van der Waals surface area contributed by atoms with Gasteiger partial charge in [-0.25, -0.2) is 9.78 Å². The minimum Gasteiger partial charge on any atom is -0.482 e. The third-order valence-electron chi connectivity index (χ3n) is 6.04. The maximum atomic E-state index is 12.5. The molecule has 4 heterocycles. The molecule has 188 valence electrons. The molecule has 5 rings (SSSR count). The Morgan fingerprint density at radius 1 is 1.25 bits per heavy atom. The molecule has 2 aliphatic heterocycles. The molecule has 12 nitrogen and oxygen atoms in total. The fourth-order valence-electron chi connectivity index (χ4n) is 4.15. The van der Waals surface area contributed by atoms with Gasteiger partial charge < -0.3 is 35.1 Å². The second-order valence-electron chi connectivity index (χ2n) is 8.43. The molecule has 1 fully saturated rings. The van der Waals surface area contributed by atoms with Crippen molar-refractivity contribution in [2.45, 2.75) is 24.9 Å². The summed E-state index contributed by atoms with van der Waals surface area (Å²) in [5.41, 5.74) is 3.15. The van der Waals surface area contributed by atoms with E-state index in [1.165, 1.54) is 12.0 Å². The van der Waals surface area contributed by atoms with E-state index >= 15 is 0 Å². The molecule has 2 aliphatic rings. The Morgan fingerprint density at radius 2 is 2.11 bits per heavy atom. The van der Waals surface area contributed by atoms with Gasteiger partial charge in [-0.3, -0.25) is 14.7 Å². The van der Waals surface area contributed by atoms with Crippen molar-refractivity contribution in [2.75, 3.05) is 37.0 Å². The van der Waals surface area contributed by atoms with E-state index in [4.69, 9.17) is 14.2 Å². The molecule has 3 atom stereocenters. The highest BCUT2D eigenvalue weighted by Crippen LogP contribution is 2.34. The molecule has 12 heteroatoms. The molecule has 1 aromatic carbocycles. The second-order valence-corrected chi connectivity index (χ2v) is 8.43. The number of nitrogens with zero attached hydrogens (tertiary/aromatic N) is 3. The fraction of sp³-hybridized carbons (Fsp3) is 0.333. The first-order valence-electron chi connectivity index (χ1n) is 11.3. The van der Waals surface area contributed by atoms with Gasteiger partial charge in [-0.2, -0.15) is 0 Å². The third-order valence-corrected chi connectivity index (χ3v) is 6.04. The molecule has 2 aromatic heterocycles. The van der Waals surface area contributed by atoms with Crippen molar-refractivity contribution in [2.24, 2.45) is 0 Å². The Kier molecular flexibility index (Phi) is 6.55. The molecule has 2 amide bonds. The summed E-state index contributed by atoms with van der Waals surface area (Å²) in [6.07, 6.45) is -2.45. The van der Waals surface area contributed by atoms with Crippen LogP contribution < -0.4 is 25.0 Å². The number of aromatic nitrogens is 2. The first-order chi connectivity index (χ1) is 17.4. The summed E-state index contributed by atoms with van der Waals surface area (Å²) >= 11 is 0. The van der Waals surface area contributed by atoms with Crippen molar-refractivity contribution in [1.29, 1.82) is 0 Å². The summed E-state index contributed by atoms with van der Waals surface area (Å²) in [7, 11) is 1.54. The molecule has 0 spiro atoms. The number of anilines is 2. The average Bonchev–Trinajstić information content (AvgIpc) is 3.28. The van der Waals surface area contributed by atoms with Gasteiger partial charge in [-0.1, -0.05) is 0 Å². The Morgan fingerprint density at radius 3 is 2.94 bits per heavy atom. The highest BCUT2D eigenvalue weighted by molar-refractivity contribution is 5.97. The molecule has 0 aliphatic carbocycles. The van der Waals surface area contributed by atoms with Crippen molar-refractivity contribution in [1.82, 2.24) is 15.3 Å². The normalized spacial score (nSPS) is 18.8. The predicted octanol–water partition coefficient (Wildman–Crippen LogP) is 0.806. The number of cyclic esters (lactones) is 1. The van der Waals surface area contributed by atoms with Gasteiger partial charge in [-0.05, 0) is 35.9 Å². The van der Waals surface area contributed by atoms with Gasteiger partial charge in [0, 0.05) is 31.0 Å². The lowest BCUT2D eigenvalue weighted by atomic mass is 10.1. The van der Waals surface area contributed by atoms with Gasteiger partial charge in [0.2, 0.25) is 5.88 Å². The van der Waals surface area contributed by atoms with Gasteiger partial charge in [0.15, 0.2) is 12.7 Å². The number of rotatable bonds is 8. The zero-order valence-electron chi connectivity index (χ0n) is 19.4. The predicted molar refractivity (Wildman–Crippen MR) is 128 cm³/mol. The number of hydrogen-bond acceptors (Lipinski definition) is 10. The number of aliphatic hydroxyl groups is 2. The lowest BCUT2D eigenvalue weighted by Gasteiger charge is -2.23. The number of amides is 2. The van der Waals surface area contributed by atoms with Crippen molar-refractivity contribution < 1.29 is 34.0 Å². The van der Waals surface area contributed by atoms with Crippen LogP contribution in [0.4, 0.5) is 16.2 Å². The van der Waals surface area contributed by atoms with Crippen LogP contribution >= 0.6 is 0 Å². The van der Waals surface area contributed by atoms with Crippen LogP contribution in [0.1, 0.15) is 5.56 Å². The van der Waals surface area contributed by atoms with Crippen molar-refractivity contribution in [3.8, 4) is 11.6 Å². The number of ether oxygens (including phenoxy) is 3. The van der Waals surface area contributed by atoms with Crippen LogP contribution in [0.25, 0.3) is 11.0 Å². The summed E-state index contributed by atoms with van der Waals surface area (Å²) in [6.45, 7) is 0.372. The number of carbonyl (C=O) groups excluding carboxylic acids is 2. The van der Waals surface area contributed by atoms with Crippen LogP contribution in [0.15, 0.2) is 42.6 Å². The minimum absolute atomic E-state index is 0.0311. The third kappa shape index (κ3) is 4.73. The largest absolute Gasteiger partial charge is 0.482 e. The monoisotopic (exact) mass is 495 g/mol. The molecule has 4 N–H and O–H groups in total. The van der Waals surface area contributed by atoms with E-state index < -0.39 is 24.4 Å². The number of methoxy groups -OCH3 is 1. The van der Waals surface area contributed by atoms with Gasteiger partial charge >= 0.3 is 6.09 Å². The number of hydrogen-bond donors (Lipinski definition) is 4. The highest BCUT2D eigenvalue weighted by atomic mass is 16.6. The van der Waals surface area contributed by atoms with E-state index in [-0.39, 0.29) is 25.6 Å². The number of fused-ring (bicyclic) bond motifs is 2. The first-order valence-corrected chi connectivity index (χ1v) is 11.3. The summed E-state index contributed by atoms with van der Waals surface area (Å²) in [5.74, 6) is 0.676. The van der Waals surface area contributed by atoms with Gasteiger partial charge in [-0.15, -0.1) is 0 Å². The number of benzene rings is 1. The van der Waals surface area contributed by atoms with Crippen LogP contribution in [-0.4, -0.2) is 77.3 Å². The Balaban J connectivity index is 1.19. The minimum atomic E-state index is -1.32. The molecule has 0 radical (unpaired) electrons. The van der Waals surface area contributed by atoms with Crippen LogP contribution in [-0.2, 0) is 16.1 Å². The Labute approximate surface area is 205 Å². The van der Waals surface area contributed by atoms with E-state index in [1.54, 1.807) is 30.5 Å². The topological polar surface area (TPSA) is 155 Å². The van der Waals surface area contributed by atoms with E-state index in [2.05, 4.69) is 20.6 Å². The van der Waals surface area contributed by atoms with Crippen molar-refractivity contribution >= 4 is 34.4 Å². The molecule has 3 aromatic rings. The molecule has 1 saturated heterocycles. The molecular formula is C24H25N5O7. The molecular weight excluding hydrogens is 470 g/mol. The van der Waals surface area contributed by atoms with Crippen LogP contribution in [0.3, 0.4) is 0 Å². The van der Waals surface area contributed by atoms with Crippen molar-refractivity contribution in [3.63, 3.8) is 0 Å². The zero-order chi connectivity index (χ0) is 25.2. The summed E-state index contributed by atoms with van der Waals surface area (Å²) < 4.78 is 15.8. The zero-order valence-corrected chi connectivity index (χ0v) is 19.4. The van der Waals surface area contributed by atoms with Crippen molar-refractivity contribution in [3.05, 3.63) is 48.2 Å². The molecule has 0 bridgehead atoms. The lowest BCUT2D eigenvalue weighted by Crippen LogP contribution is -2.44. The number of carbonyl (C=O) groups is 2. The molecule has 0 unspecified atom stereocenters. The van der Waals surface area contributed by atoms with Gasteiger partial charge in [0.05, 0.1) is 36.5 Å². The summed E-state index contributed by atoms with van der Waals surface area (Å²) in [4.78, 5) is 34.1. The van der Waals surface area contributed by atoms with Crippen LogP contribution in [0.2, 0.25) is 0 Å². The van der Waals surface area contributed by atoms with E-state index in [1.807, 2.05) is 12.1 Å². The van der Waals surface area contributed by atoms with E-state index in [0.717, 1.165) is 5.56 Å². The average molecular weight is 495 g/mol. The number of pyridine rings is 2. The molecule has 0 saturated carbocycles. The summed E-state index contributed by atoms with van der Waals surface area (Å²) in [5, 5.41) is 27.0. The van der Waals surface area contributed by atoms with Crippen LogP contribution in [0.5, 0.6) is 11.6 Å². The maximum absolute atomic E-state index is 12.5. The number of aliphatic hydroxyl groups excluding tert-OH is 2. The smallest absolute Gasteiger partial charge is 0.414 e. The lowest BCUT2D eigenvalue weighted by molar-refractivity contribution is -0.118. The summed E-state index contributed by atoms with van der Waals surface area (Å²) in [6, 6.07) is 10.3. The van der Waals surface area contributed by atoms with Gasteiger partial charge in [0.1, 0.15) is 11.9 Å². The molecule has 36 heavy (non-hydrogen) atoms. The van der Waals surface area contributed by atoms with Crippen LogP contribution in [0, 0.1) is 0 Å². The second kappa shape index (κ2) is 9.93. The highest BCUT2D eigenvalue weighted by Gasteiger charge is 2.39. The Bertz CT molecular complexity index is 1300. The van der Waals surface area contributed by atoms with E-state index in [9.17, 15) is 19.8 Å². The van der Waals surface area contributed by atoms with Gasteiger partial charge in [0.25, 0.3) is 5.91 Å². The number of nitrogens with one attached hydrogen (secondary N) is 2. The standard InChI is InChI=1S/C24H25N5O7/c1-34-21-5-3-15-22(28-21)13(6-7-26-15)9-25-10-17(30)23(32)19-11-29(24(33)36-19)14-2-4-18-16(8-14)27-20(31)12-35-18/h2-8,17,19,23,25,30,32H,9-12H2,1H3,(H,27,31)/t17-,19-,23+/m1/s1. The SMILES string of the molecule is COc1ccc2nccc(CNC[C@@H](O)[C@H](O)[C@H]3CN(c4ccc5c(c4)NC(=O)CO5)C(=O)O3)c2n1. The fourth-order valence-corrected chi connectivity index (χ4v) is 4.15. The Hall–Kier alpha value is -4.00. The first kappa shape index (κ1) is 23.7.